The minimum Gasteiger partial charge on any atom is -0.507 e. The van der Waals surface area contributed by atoms with E-state index in [1.807, 2.05) is 37.1 Å². The molecule has 38 heavy (non-hydrogen) atoms. The van der Waals surface area contributed by atoms with Crippen molar-refractivity contribution in [2.75, 3.05) is 37.1 Å². The first-order valence-corrected chi connectivity index (χ1v) is 13.0. The number of nitrogens with zero attached hydrogens (tertiary/aromatic N) is 3. The van der Waals surface area contributed by atoms with Crippen molar-refractivity contribution in [2.45, 2.75) is 13.0 Å². The van der Waals surface area contributed by atoms with Gasteiger partial charge in [0, 0.05) is 12.6 Å². The van der Waals surface area contributed by atoms with Crippen molar-refractivity contribution in [3.05, 3.63) is 82.9 Å². The Kier molecular flexibility index (Phi) is 5.80. The number of ketones is 1. The van der Waals surface area contributed by atoms with Gasteiger partial charge in [-0.3, -0.25) is 14.5 Å². The maximum absolute atomic E-state index is 13.5. The summed E-state index contributed by atoms with van der Waals surface area (Å²) in [6.07, 6.45) is 0. The second-order valence-electron chi connectivity index (χ2n) is 9.36. The summed E-state index contributed by atoms with van der Waals surface area (Å²) in [5.41, 5.74) is 3.71. The number of fused-ring (bicyclic) bond motifs is 2. The molecule has 8 nitrogen and oxygen atoms in total. The average Bonchev–Trinajstić information content (AvgIpc) is 3.46. The summed E-state index contributed by atoms with van der Waals surface area (Å²) >= 11 is 1.34. The van der Waals surface area contributed by atoms with Gasteiger partial charge in [-0.1, -0.05) is 29.5 Å². The van der Waals surface area contributed by atoms with E-state index in [1.165, 1.54) is 16.2 Å². The van der Waals surface area contributed by atoms with Crippen LogP contribution in [0.3, 0.4) is 0 Å². The quantitative estimate of drug-likeness (QED) is 0.225. The first kappa shape index (κ1) is 24.0. The van der Waals surface area contributed by atoms with Crippen molar-refractivity contribution < 1.29 is 24.2 Å². The molecule has 1 aromatic heterocycles. The molecule has 1 fully saturated rings. The fraction of sp³-hybridized carbons (Fsp3) is 0.207. The number of aliphatic hydroxyl groups excluding tert-OH is 1. The fourth-order valence-corrected chi connectivity index (χ4v) is 6.00. The average molecular weight is 528 g/mol. The second kappa shape index (κ2) is 9.18. The van der Waals surface area contributed by atoms with E-state index in [4.69, 9.17) is 9.47 Å². The van der Waals surface area contributed by atoms with Gasteiger partial charge in [0.15, 0.2) is 5.13 Å². The zero-order chi connectivity index (χ0) is 26.6. The molecule has 192 valence electrons. The van der Waals surface area contributed by atoms with Crippen LogP contribution in [0.2, 0.25) is 0 Å². The highest BCUT2D eigenvalue weighted by Gasteiger charge is 2.48. The number of aliphatic hydroxyl groups is 1. The van der Waals surface area contributed by atoms with Gasteiger partial charge in [0.05, 0.1) is 41.2 Å². The van der Waals surface area contributed by atoms with Gasteiger partial charge < -0.3 is 19.5 Å². The summed E-state index contributed by atoms with van der Waals surface area (Å²) in [5.74, 6) is -0.404. The van der Waals surface area contributed by atoms with Gasteiger partial charge in [0.2, 0.25) is 0 Å². The monoisotopic (exact) mass is 527 g/mol. The summed E-state index contributed by atoms with van der Waals surface area (Å²) in [4.78, 5) is 35.2. The molecule has 1 saturated heterocycles. The van der Waals surface area contributed by atoms with Crippen LogP contribution < -0.4 is 19.3 Å². The standard InChI is InChI=1S/C29H25N3O5S/c1-16-4-10-20-23(14-16)38-29(30-20)32-25(17-5-8-19(36-3)9-6-17)24(27(34)28(32)35)26(33)18-7-11-22-21(15-18)31(2)12-13-37-22/h4-11,14-15,25,33H,12-13H2,1-3H3/b26-24+. The largest absolute Gasteiger partial charge is 0.507 e. The van der Waals surface area contributed by atoms with E-state index < -0.39 is 17.7 Å². The SMILES string of the molecule is COc1ccc(C2/C(=C(\O)c3ccc4c(c3)N(C)CCO4)C(=O)C(=O)N2c2nc3ccc(C)cc3s2)cc1. The van der Waals surface area contributed by atoms with Crippen molar-refractivity contribution in [1.82, 2.24) is 4.98 Å². The van der Waals surface area contributed by atoms with Crippen molar-refractivity contribution in [1.29, 1.82) is 0 Å². The molecule has 1 N–H and O–H groups in total. The molecule has 3 aromatic carbocycles. The first-order chi connectivity index (χ1) is 18.4. The van der Waals surface area contributed by atoms with Gasteiger partial charge in [0.25, 0.3) is 5.78 Å². The number of thiazole rings is 1. The molecule has 1 amide bonds. The van der Waals surface area contributed by atoms with Crippen LogP contribution in [0, 0.1) is 6.92 Å². The van der Waals surface area contributed by atoms with Crippen LogP contribution in [-0.4, -0.2) is 49.1 Å². The zero-order valence-electron chi connectivity index (χ0n) is 21.1. The molecule has 2 aliphatic heterocycles. The van der Waals surface area contributed by atoms with E-state index in [0.29, 0.717) is 40.9 Å². The highest BCUT2D eigenvalue weighted by atomic mass is 32.1. The lowest BCUT2D eigenvalue weighted by molar-refractivity contribution is -0.132. The normalized spacial score (nSPS) is 18.6. The molecular weight excluding hydrogens is 502 g/mol. The van der Waals surface area contributed by atoms with E-state index in [9.17, 15) is 14.7 Å². The van der Waals surface area contributed by atoms with Crippen molar-refractivity contribution >= 4 is 49.8 Å². The van der Waals surface area contributed by atoms with Gasteiger partial charge >= 0.3 is 5.91 Å². The zero-order valence-corrected chi connectivity index (χ0v) is 21.9. The predicted octanol–water partition coefficient (Wildman–Crippen LogP) is 5.07. The lowest BCUT2D eigenvalue weighted by Crippen LogP contribution is -2.29. The van der Waals surface area contributed by atoms with E-state index >= 15 is 0 Å². The number of methoxy groups -OCH3 is 1. The molecular formula is C29H25N3O5S. The summed E-state index contributed by atoms with van der Waals surface area (Å²) in [7, 11) is 3.51. The summed E-state index contributed by atoms with van der Waals surface area (Å²) in [6, 6.07) is 17.4. The molecule has 2 aliphatic rings. The maximum Gasteiger partial charge on any atom is 0.301 e. The Morgan fingerprint density at radius 1 is 1.11 bits per heavy atom. The number of aromatic nitrogens is 1. The molecule has 3 heterocycles. The Morgan fingerprint density at radius 3 is 2.66 bits per heavy atom. The van der Waals surface area contributed by atoms with Crippen LogP contribution in [0.4, 0.5) is 10.8 Å². The minimum absolute atomic E-state index is 0.00920. The van der Waals surface area contributed by atoms with Crippen molar-refractivity contribution in [3.8, 4) is 11.5 Å². The Morgan fingerprint density at radius 2 is 1.89 bits per heavy atom. The number of carbonyl (C=O) groups excluding carboxylic acids is 2. The van der Waals surface area contributed by atoms with Crippen LogP contribution in [0.5, 0.6) is 11.5 Å². The molecule has 0 radical (unpaired) electrons. The molecule has 6 rings (SSSR count). The fourth-order valence-electron chi connectivity index (χ4n) is 4.91. The van der Waals surface area contributed by atoms with Gasteiger partial charge in [-0.15, -0.1) is 0 Å². The number of Topliss-reactive ketones (excluding diaryl/α,β-unsaturated/α-hetero) is 1. The van der Waals surface area contributed by atoms with E-state index in [2.05, 4.69) is 4.98 Å². The lowest BCUT2D eigenvalue weighted by atomic mass is 9.95. The molecule has 0 aliphatic carbocycles. The molecule has 1 unspecified atom stereocenters. The number of hydrogen-bond acceptors (Lipinski definition) is 8. The Bertz CT molecular complexity index is 1630. The van der Waals surface area contributed by atoms with Crippen LogP contribution in [0.25, 0.3) is 16.0 Å². The third-order valence-corrected chi connectivity index (χ3v) is 7.96. The van der Waals surface area contributed by atoms with Crippen molar-refractivity contribution in [2.24, 2.45) is 0 Å². The number of hydrogen-bond donors (Lipinski definition) is 1. The van der Waals surface area contributed by atoms with Gasteiger partial charge in [-0.2, -0.15) is 0 Å². The molecule has 0 bridgehead atoms. The molecule has 9 heteroatoms. The van der Waals surface area contributed by atoms with Crippen LogP contribution in [0.1, 0.15) is 22.7 Å². The number of anilines is 2. The third-order valence-electron chi connectivity index (χ3n) is 6.94. The van der Waals surface area contributed by atoms with Crippen LogP contribution >= 0.6 is 11.3 Å². The lowest BCUT2D eigenvalue weighted by Gasteiger charge is -2.28. The van der Waals surface area contributed by atoms with Crippen LogP contribution in [0.15, 0.2) is 66.2 Å². The highest BCUT2D eigenvalue weighted by Crippen LogP contribution is 2.45. The van der Waals surface area contributed by atoms with E-state index in [0.717, 1.165) is 21.5 Å². The first-order valence-electron chi connectivity index (χ1n) is 12.2. The molecule has 1 atom stereocenters. The smallest absolute Gasteiger partial charge is 0.301 e. The number of likely N-dealkylation sites (N-methyl/N-ethyl adjacent to an activating group) is 1. The van der Waals surface area contributed by atoms with Gasteiger partial charge in [0.1, 0.15) is 23.9 Å². The number of benzene rings is 3. The predicted molar refractivity (Wildman–Crippen MR) is 147 cm³/mol. The maximum atomic E-state index is 13.5. The summed E-state index contributed by atoms with van der Waals surface area (Å²) in [5, 5.41) is 11.9. The molecule has 0 spiro atoms. The number of rotatable bonds is 4. The van der Waals surface area contributed by atoms with E-state index in [1.54, 1.807) is 49.6 Å². The highest BCUT2D eigenvalue weighted by molar-refractivity contribution is 7.22. The third kappa shape index (κ3) is 3.86. The number of ether oxygens (including phenoxy) is 2. The van der Waals surface area contributed by atoms with Gasteiger partial charge in [-0.05, 0) is 60.5 Å². The molecule has 4 aromatic rings. The summed E-state index contributed by atoms with van der Waals surface area (Å²) in [6.45, 7) is 3.26. The van der Waals surface area contributed by atoms with Crippen LogP contribution in [-0.2, 0) is 9.59 Å². The molecule has 0 saturated carbocycles. The number of amides is 1. The Hall–Kier alpha value is -4.37. The van der Waals surface area contributed by atoms with E-state index in [-0.39, 0.29) is 11.3 Å². The van der Waals surface area contributed by atoms with Gasteiger partial charge in [-0.25, -0.2) is 4.98 Å². The van der Waals surface area contributed by atoms with Crippen molar-refractivity contribution in [3.63, 3.8) is 0 Å². The Balaban J connectivity index is 1.53. The minimum atomic E-state index is -0.868. The topological polar surface area (TPSA) is 92.2 Å². The number of carbonyl (C=O) groups is 2. The Labute approximate surface area is 223 Å². The number of aryl methyl sites for hydroxylation is 1. The summed E-state index contributed by atoms with van der Waals surface area (Å²) < 4.78 is 11.9. The second-order valence-corrected chi connectivity index (χ2v) is 10.4.